The van der Waals surface area contributed by atoms with Crippen molar-refractivity contribution in [2.45, 2.75) is 31.5 Å². The SMILES string of the molecule is CCc1ccc([N+](=O)[O-])cc1C1CNCCC12OCCO2. The van der Waals surface area contributed by atoms with Gasteiger partial charge in [-0.2, -0.15) is 0 Å². The number of nitrogens with zero attached hydrogens (tertiary/aromatic N) is 1. The summed E-state index contributed by atoms with van der Waals surface area (Å²) in [6.07, 6.45) is 1.60. The van der Waals surface area contributed by atoms with Crippen LogP contribution < -0.4 is 5.32 Å². The number of piperidine rings is 1. The Morgan fingerprint density at radius 1 is 1.43 bits per heavy atom. The van der Waals surface area contributed by atoms with Crippen molar-refractivity contribution in [3.63, 3.8) is 0 Å². The number of hydrogen-bond donors (Lipinski definition) is 1. The van der Waals surface area contributed by atoms with Gasteiger partial charge in [-0.1, -0.05) is 13.0 Å². The Balaban J connectivity index is 2.03. The number of nitrogens with one attached hydrogen (secondary N) is 1. The summed E-state index contributed by atoms with van der Waals surface area (Å²) >= 11 is 0. The Kier molecular flexibility index (Phi) is 3.93. The second kappa shape index (κ2) is 5.71. The average molecular weight is 292 g/mol. The minimum atomic E-state index is -0.621. The van der Waals surface area contributed by atoms with E-state index in [0.717, 1.165) is 30.5 Å². The highest BCUT2D eigenvalue weighted by Gasteiger charge is 2.47. The molecule has 0 aliphatic carbocycles. The molecule has 0 bridgehead atoms. The lowest BCUT2D eigenvalue weighted by molar-refractivity contribution is -0.385. The van der Waals surface area contributed by atoms with E-state index >= 15 is 0 Å². The predicted octanol–water partition coefficient (Wildman–Crippen LogP) is 1.98. The molecule has 3 rings (SSSR count). The van der Waals surface area contributed by atoms with Gasteiger partial charge in [0.15, 0.2) is 5.79 Å². The third kappa shape index (κ3) is 2.54. The number of non-ortho nitro benzene ring substituents is 1. The van der Waals surface area contributed by atoms with Crippen molar-refractivity contribution in [1.82, 2.24) is 5.32 Å². The summed E-state index contributed by atoms with van der Waals surface area (Å²) in [7, 11) is 0. The highest BCUT2D eigenvalue weighted by atomic mass is 16.7. The Bertz CT molecular complexity index is 540. The molecule has 2 saturated heterocycles. The molecule has 1 aromatic carbocycles. The number of nitro benzene ring substituents is 1. The number of rotatable bonds is 3. The first kappa shape index (κ1) is 14.4. The van der Waals surface area contributed by atoms with Crippen molar-refractivity contribution in [3.8, 4) is 0 Å². The van der Waals surface area contributed by atoms with E-state index in [1.54, 1.807) is 12.1 Å². The van der Waals surface area contributed by atoms with Crippen LogP contribution in [0.4, 0.5) is 5.69 Å². The number of benzene rings is 1. The number of nitro groups is 1. The zero-order valence-electron chi connectivity index (χ0n) is 12.1. The lowest BCUT2D eigenvalue weighted by atomic mass is 9.82. The van der Waals surface area contributed by atoms with Crippen LogP contribution in [0.15, 0.2) is 18.2 Å². The molecule has 0 amide bonds. The van der Waals surface area contributed by atoms with Crippen LogP contribution in [0.25, 0.3) is 0 Å². The molecule has 6 nitrogen and oxygen atoms in total. The highest BCUT2D eigenvalue weighted by molar-refractivity contribution is 5.43. The van der Waals surface area contributed by atoms with E-state index in [4.69, 9.17) is 9.47 Å². The highest BCUT2D eigenvalue weighted by Crippen LogP contribution is 2.42. The van der Waals surface area contributed by atoms with Crippen LogP contribution in [0, 0.1) is 10.1 Å². The molecule has 0 radical (unpaired) electrons. The third-order valence-corrected chi connectivity index (χ3v) is 4.40. The van der Waals surface area contributed by atoms with Gasteiger partial charge in [0.05, 0.1) is 24.1 Å². The van der Waals surface area contributed by atoms with Gasteiger partial charge in [-0.3, -0.25) is 10.1 Å². The standard InChI is InChI=1S/C15H20N2O4/c1-2-11-3-4-12(17(18)19)9-13(11)14-10-16-6-5-15(14)20-7-8-21-15/h3-4,9,14,16H,2,5-8,10H2,1H3. The fraction of sp³-hybridized carbons (Fsp3) is 0.600. The van der Waals surface area contributed by atoms with Crippen LogP contribution in [-0.2, 0) is 15.9 Å². The molecule has 1 atom stereocenters. The van der Waals surface area contributed by atoms with Crippen LogP contribution in [0.1, 0.15) is 30.4 Å². The normalized spacial score (nSPS) is 24.3. The molecule has 6 heteroatoms. The maximum Gasteiger partial charge on any atom is 0.269 e. The van der Waals surface area contributed by atoms with E-state index in [2.05, 4.69) is 12.2 Å². The maximum atomic E-state index is 11.1. The summed E-state index contributed by atoms with van der Waals surface area (Å²) in [4.78, 5) is 10.7. The van der Waals surface area contributed by atoms with Crippen molar-refractivity contribution < 1.29 is 14.4 Å². The Hall–Kier alpha value is -1.50. The first-order valence-electron chi connectivity index (χ1n) is 7.42. The summed E-state index contributed by atoms with van der Waals surface area (Å²) < 4.78 is 11.8. The van der Waals surface area contributed by atoms with Crippen molar-refractivity contribution in [2.24, 2.45) is 0 Å². The van der Waals surface area contributed by atoms with Gasteiger partial charge in [-0.25, -0.2) is 0 Å². The zero-order valence-corrected chi connectivity index (χ0v) is 12.1. The van der Waals surface area contributed by atoms with Crippen molar-refractivity contribution >= 4 is 5.69 Å². The minimum absolute atomic E-state index is 0.0106. The molecule has 114 valence electrons. The summed E-state index contributed by atoms with van der Waals surface area (Å²) in [6.45, 7) is 4.80. The number of aryl methyl sites for hydroxylation is 1. The van der Waals surface area contributed by atoms with Gasteiger partial charge in [0.2, 0.25) is 0 Å². The molecule has 21 heavy (non-hydrogen) atoms. The van der Waals surface area contributed by atoms with E-state index in [1.165, 1.54) is 0 Å². The molecule has 2 heterocycles. The Labute approximate surface area is 123 Å². The van der Waals surface area contributed by atoms with Crippen LogP contribution in [0.5, 0.6) is 0 Å². The summed E-state index contributed by atoms with van der Waals surface area (Å²) in [5.41, 5.74) is 2.22. The van der Waals surface area contributed by atoms with Gasteiger partial charge < -0.3 is 14.8 Å². The van der Waals surface area contributed by atoms with Crippen LogP contribution in [-0.4, -0.2) is 37.0 Å². The molecule has 1 unspecified atom stereocenters. The fourth-order valence-corrected chi connectivity index (χ4v) is 3.34. The van der Waals surface area contributed by atoms with Gasteiger partial charge in [0.1, 0.15) is 0 Å². The summed E-state index contributed by atoms with van der Waals surface area (Å²) in [5.74, 6) is -0.631. The lowest BCUT2D eigenvalue weighted by Gasteiger charge is -2.40. The topological polar surface area (TPSA) is 73.6 Å². The Morgan fingerprint density at radius 2 is 2.19 bits per heavy atom. The zero-order chi connectivity index (χ0) is 14.9. The van der Waals surface area contributed by atoms with Crippen molar-refractivity contribution in [2.75, 3.05) is 26.3 Å². The Morgan fingerprint density at radius 3 is 2.86 bits per heavy atom. The number of hydrogen-bond acceptors (Lipinski definition) is 5. The van der Waals surface area contributed by atoms with Crippen LogP contribution >= 0.6 is 0 Å². The second-order valence-electron chi connectivity index (χ2n) is 5.51. The lowest BCUT2D eigenvalue weighted by Crippen LogP contribution is -2.49. The van der Waals surface area contributed by atoms with E-state index in [0.29, 0.717) is 19.8 Å². The molecular formula is C15H20N2O4. The monoisotopic (exact) mass is 292 g/mol. The smallest absolute Gasteiger partial charge is 0.269 e. The third-order valence-electron chi connectivity index (χ3n) is 4.40. The van der Waals surface area contributed by atoms with Gasteiger partial charge in [0, 0.05) is 31.6 Å². The van der Waals surface area contributed by atoms with Crippen LogP contribution in [0.2, 0.25) is 0 Å². The quantitative estimate of drug-likeness (QED) is 0.681. The largest absolute Gasteiger partial charge is 0.347 e. The maximum absolute atomic E-state index is 11.1. The molecule has 0 aromatic heterocycles. The predicted molar refractivity (Wildman–Crippen MR) is 77.3 cm³/mol. The molecule has 2 aliphatic heterocycles. The van der Waals surface area contributed by atoms with Gasteiger partial charge in [0.25, 0.3) is 5.69 Å². The molecule has 1 aromatic rings. The van der Waals surface area contributed by atoms with E-state index in [9.17, 15) is 10.1 Å². The van der Waals surface area contributed by atoms with E-state index in [-0.39, 0.29) is 16.5 Å². The fourth-order valence-electron chi connectivity index (χ4n) is 3.34. The molecule has 1 spiro atoms. The first-order valence-corrected chi connectivity index (χ1v) is 7.42. The van der Waals surface area contributed by atoms with Gasteiger partial charge >= 0.3 is 0 Å². The van der Waals surface area contributed by atoms with Crippen LogP contribution in [0.3, 0.4) is 0 Å². The van der Waals surface area contributed by atoms with E-state index in [1.807, 2.05) is 6.07 Å². The van der Waals surface area contributed by atoms with Crippen molar-refractivity contribution in [3.05, 3.63) is 39.4 Å². The molecule has 2 aliphatic rings. The molecule has 0 saturated carbocycles. The molecule has 2 fully saturated rings. The van der Waals surface area contributed by atoms with Gasteiger partial charge in [-0.15, -0.1) is 0 Å². The van der Waals surface area contributed by atoms with Crippen molar-refractivity contribution in [1.29, 1.82) is 0 Å². The van der Waals surface area contributed by atoms with Gasteiger partial charge in [-0.05, 0) is 17.5 Å². The summed E-state index contributed by atoms with van der Waals surface area (Å²) in [5, 5.41) is 14.4. The summed E-state index contributed by atoms with van der Waals surface area (Å²) in [6, 6.07) is 5.11. The van der Waals surface area contributed by atoms with E-state index < -0.39 is 5.79 Å². The molecule has 1 N–H and O–H groups in total. The number of ether oxygens (including phenoxy) is 2. The average Bonchev–Trinajstić information content (AvgIpc) is 2.96. The second-order valence-corrected chi connectivity index (χ2v) is 5.51. The molecular weight excluding hydrogens is 272 g/mol. The first-order chi connectivity index (χ1) is 10.2. The minimum Gasteiger partial charge on any atom is -0.347 e.